The number of hydrogen-bond donors (Lipinski definition) is 1. The van der Waals surface area contributed by atoms with E-state index in [0.717, 1.165) is 25.2 Å². The monoisotopic (exact) mass is 356 g/mol. The number of carbonyl (C=O) groups excluding carboxylic acids is 1. The van der Waals surface area contributed by atoms with Crippen LogP contribution in [0.2, 0.25) is 0 Å². The lowest BCUT2D eigenvalue weighted by molar-refractivity contribution is 0.0589. The Morgan fingerprint density at radius 2 is 2.04 bits per heavy atom. The first-order valence-electron chi connectivity index (χ1n) is 8.65. The molecular weight excluding hydrogens is 336 g/mol. The Kier molecular flexibility index (Phi) is 4.06. The highest BCUT2D eigenvalue weighted by molar-refractivity contribution is 5.94. The van der Waals surface area contributed by atoms with Gasteiger partial charge in [-0.3, -0.25) is 19.6 Å². The summed E-state index contributed by atoms with van der Waals surface area (Å²) in [6, 6.07) is -0.000102. The molecule has 2 aromatic heterocycles. The molecule has 1 amide bonds. The fourth-order valence-electron chi connectivity index (χ4n) is 3.84. The smallest absolute Gasteiger partial charge is 0.328 e. The first-order valence-corrected chi connectivity index (χ1v) is 8.65. The number of hydrogen-bond acceptors (Lipinski definition) is 6. The number of piperidine rings is 1. The minimum atomic E-state index is -0.635. The molecule has 136 valence electrons. The minimum Gasteiger partial charge on any atom is -0.353 e. The van der Waals surface area contributed by atoms with E-state index in [9.17, 15) is 14.4 Å². The van der Waals surface area contributed by atoms with Crippen molar-refractivity contribution in [3.8, 4) is 0 Å². The van der Waals surface area contributed by atoms with Crippen LogP contribution in [0.3, 0.4) is 0 Å². The Balaban J connectivity index is 1.63. The summed E-state index contributed by atoms with van der Waals surface area (Å²) in [6.45, 7) is 2.07. The molecule has 0 aliphatic carbocycles. The fraction of sp³-hybridized carbons (Fsp3) is 0.471. The third-order valence-corrected chi connectivity index (χ3v) is 5.19. The normalized spacial score (nSPS) is 22.3. The lowest BCUT2D eigenvalue weighted by Crippen LogP contribution is -2.49. The molecule has 0 aromatic carbocycles. The van der Waals surface area contributed by atoms with E-state index in [0.29, 0.717) is 19.0 Å². The number of anilines is 1. The van der Waals surface area contributed by atoms with Crippen LogP contribution in [0.1, 0.15) is 23.2 Å². The molecule has 3 fully saturated rings. The molecule has 5 heterocycles. The SMILES string of the molecule is Cn1cc(C(=O)N2C[C@H]3CC[C@@H]2CN(c2cnccn2)C3)c(=O)[nH]c1=O. The van der Waals surface area contributed by atoms with Crippen LogP contribution in [0.4, 0.5) is 5.82 Å². The van der Waals surface area contributed by atoms with Crippen molar-refractivity contribution in [1.29, 1.82) is 0 Å². The summed E-state index contributed by atoms with van der Waals surface area (Å²) in [5.41, 5.74) is -1.16. The van der Waals surface area contributed by atoms with E-state index in [4.69, 9.17) is 0 Å². The van der Waals surface area contributed by atoms with Crippen LogP contribution in [0.15, 0.2) is 34.4 Å². The van der Waals surface area contributed by atoms with Crippen LogP contribution >= 0.6 is 0 Å². The first kappa shape index (κ1) is 16.5. The molecule has 3 aliphatic heterocycles. The van der Waals surface area contributed by atoms with Crippen molar-refractivity contribution in [1.82, 2.24) is 24.4 Å². The van der Waals surface area contributed by atoms with E-state index < -0.39 is 11.2 Å². The highest BCUT2D eigenvalue weighted by Crippen LogP contribution is 2.30. The second-order valence-electron chi connectivity index (χ2n) is 6.94. The molecule has 2 aromatic rings. The molecule has 1 N–H and O–H groups in total. The van der Waals surface area contributed by atoms with Gasteiger partial charge in [-0.1, -0.05) is 0 Å². The summed E-state index contributed by atoms with van der Waals surface area (Å²) in [5.74, 6) is 0.794. The number of H-pyrrole nitrogens is 1. The van der Waals surface area contributed by atoms with Crippen LogP contribution in [-0.4, -0.2) is 56.0 Å². The van der Waals surface area contributed by atoms with Crippen LogP contribution in [-0.2, 0) is 7.05 Å². The molecule has 0 saturated carbocycles. The van der Waals surface area contributed by atoms with Crippen molar-refractivity contribution in [3.63, 3.8) is 0 Å². The third kappa shape index (κ3) is 2.89. The number of fused-ring (bicyclic) bond motifs is 4. The zero-order valence-electron chi connectivity index (χ0n) is 14.5. The molecule has 0 spiro atoms. The maximum absolute atomic E-state index is 13.0. The Labute approximate surface area is 149 Å². The second kappa shape index (κ2) is 6.40. The average molecular weight is 356 g/mol. The van der Waals surface area contributed by atoms with Crippen molar-refractivity contribution >= 4 is 11.7 Å². The molecule has 3 saturated heterocycles. The van der Waals surface area contributed by atoms with Crippen molar-refractivity contribution in [2.45, 2.75) is 18.9 Å². The van der Waals surface area contributed by atoms with Gasteiger partial charge in [0.15, 0.2) is 0 Å². The third-order valence-electron chi connectivity index (χ3n) is 5.19. The van der Waals surface area contributed by atoms with Gasteiger partial charge in [0.1, 0.15) is 11.4 Å². The van der Waals surface area contributed by atoms with Crippen LogP contribution in [0.5, 0.6) is 0 Å². The number of nitrogens with zero attached hydrogens (tertiary/aromatic N) is 5. The lowest BCUT2D eigenvalue weighted by atomic mass is 9.94. The maximum Gasteiger partial charge on any atom is 0.328 e. The van der Waals surface area contributed by atoms with Crippen molar-refractivity contribution in [3.05, 3.63) is 51.2 Å². The topological polar surface area (TPSA) is 104 Å². The molecule has 2 atom stereocenters. The number of aromatic amines is 1. The van der Waals surface area contributed by atoms with E-state index in [-0.39, 0.29) is 17.5 Å². The quantitative estimate of drug-likeness (QED) is 0.785. The number of aryl methyl sites for hydroxylation is 1. The molecule has 9 heteroatoms. The summed E-state index contributed by atoms with van der Waals surface area (Å²) >= 11 is 0. The van der Waals surface area contributed by atoms with E-state index in [1.165, 1.54) is 17.8 Å². The van der Waals surface area contributed by atoms with Crippen molar-refractivity contribution in [2.24, 2.45) is 13.0 Å². The van der Waals surface area contributed by atoms with E-state index in [1.54, 1.807) is 23.5 Å². The Morgan fingerprint density at radius 1 is 1.19 bits per heavy atom. The van der Waals surface area contributed by atoms with Gasteiger partial charge in [-0.25, -0.2) is 9.78 Å². The van der Waals surface area contributed by atoms with Gasteiger partial charge >= 0.3 is 5.69 Å². The lowest BCUT2D eigenvalue weighted by Gasteiger charge is -2.35. The Bertz CT molecular complexity index is 938. The number of rotatable bonds is 2. The summed E-state index contributed by atoms with van der Waals surface area (Å²) in [4.78, 5) is 51.3. The largest absolute Gasteiger partial charge is 0.353 e. The predicted octanol–water partition coefficient (Wildman–Crippen LogP) is -0.395. The van der Waals surface area contributed by atoms with Crippen molar-refractivity contribution < 1.29 is 4.79 Å². The highest BCUT2D eigenvalue weighted by Gasteiger charge is 2.38. The summed E-state index contributed by atoms with van der Waals surface area (Å²) in [7, 11) is 1.51. The van der Waals surface area contributed by atoms with Gasteiger partial charge in [0.25, 0.3) is 11.5 Å². The number of nitrogens with one attached hydrogen (secondary N) is 1. The van der Waals surface area contributed by atoms with Gasteiger partial charge in [0, 0.05) is 51.3 Å². The van der Waals surface area contributed by atoms with Gasteiger partial charge < -0.3 is 14.4 Å². The number of amides is 1. The first-order chi connectivity index (χ1) is 12.5. The van der Waals surface area contributed by atoms with E-state index >= 15 is 0 Å². The van der Waals surface area contributed by atoms with Crippen molar-refractivity contribution in [2.75, 3.05) is 24.5 Å². The molecule has 5 rings (SSSR count). The zero-order chi connectivity index (χ0) is 18.3. The molecule has 26 heavy (non-hydrogen) atoms. The molecule has 0 radical (unpaired) electrons. The van der Waals surface area contributed by atoms with Gasteiger partial charge in [-0.05, 0) is 18.8 Å². The van der Waals surface area contributed by atoms with Gasteiger partial charge in [0.05, 0.1) is 6.20 Å². The summed E-state index contributed by atoms with van der Waals surface area (Å²) < 4.78 is 1.22. The number of carbonyl (C=O) groups is 1. The van der Waals surface area contributed by atoms with Gasteiger partial charge in [0.2, 0.25) is 0 Å². The molecule has 9 nitrogen and oxygen atoms in total. The fourth-order valence-corrected chi connectivity index (χ4v) is 3.84. The molecule has 0 unspecified atom stereocenters. The van der Waals surface area contributed by atoms with E-state index in [1.807, 2.05) is 0 Å². The molecular formula is C17H20N6O3. The highest BCUT2D eigenvalue weighted by atomic mass is 16.2. The van der Waals surface area contributed by atoms with Gasteiger partial charge in [-0.15, -0.1) is 0 Å². The zero-order valence-corrected chi connectivity index (χ0v) is 14.5. The average Bonchev–Trinajstić information content (AvgIpc) is 2.97. The summed E-state index contributed by atoms with van der Waals surface area (Å²) in [6.07, 6.45) is 8.27. The number of aromatic nitrogens is 4. The molecule has 2 bridgehead atoms. The Hall–Kier alpha value is -2.97. The van der Waals surface area contributed by atoms with E-state index in [2.05, 4.69) is 19.9 Å². The minimum absolute atomic E-state index is 0.000102. The van der Waals surface area contributed by atoms with Gasteiger partial charge in [-0.2, -0.15) is 0 Å². The standard InChI is InChI=1S/C17H20N6O3/c1-21-10-13(15(24)20-17(21)26)16(25)23-8-11-2-3-12(23)9-22(7-11)14-6-18-4-5-19-14/h4-6,10-12H,2-3,7-9H2,1H3,(H,20,24,26)/t11-,12+/m0/s1. The Morgan fingerprint density at radius 3 is 2.81 bits per heavy atom. The van der Waals surface area contributed by atoms with Crippen LogP contribution < -0.4 is 16.1 Å². The molecule has 3 aliphatic rings. The summed E-state index contributed by atoms with van der Waals surface area (Å²) in [5, 5.41) is 0. The predicted molar refractivity (Wildman–Crippen MR) is 94.1 cm³/mol. The van der Waals surface area contributed by atoms with Crippen LogP contribution in [0, 0.1) is 5.92 Å². The van der Waals surface area contributed by atoms with Crippen LogP contribution in [0.25, 0.3) is 0 Å². The second-order valence-corrected chi connectivity index (χ2v) is 6.94. The maximum atomic E-state index is 13.0.